The number of carbonyl (C=O) groups is 2. The molecule has 6 heteroatoms. The summed E-state index contributed by atoms with van der Waals surface area (Å²) in [4.78, 5) is 52.9. The number of aromatic nitrogens is 2. The lowest BCUT2D eigenvalue weighted by atomic mass is 9.85. The molecule has 2 aromatic heterocycles. The smallest absolute Gasteiger partial charge is 0.251 e. The van der Waals surface area contributed by atoms with E-state index < -0.39 is 11.3 Å². The van der Waals surface area contributed by atoms with Gasteiger partial charge in [-0.05, 0) is 44.7 Å². The maximum absolute atomic E-state index is 13.1. The minimum Gasteiger partial charge on any atom is -0.318 e. The van der Waals surface area contributed by atoms with E-state index in [1.54, 1.807) is 13.8 Å². The van der Waals surface area contributed by atoms with E-state index in [0.29, 0.717) is 24.1 Å². The van der Waals surface area contributed by atoms with Crippen molar-refractivity contribution < 1.29 is 9.59 Å². The van der Waals surface area contributed by atoms with Crippen LogP contribution in [0.2, 0.25) is 0 Å². The second-order valence-corrected chi connectivity index (χ2v) is 6.48. The van der Waals surface area contributed by atoms with Gasteiger partial charge in [0.1, 0.15) is 11.4 Å². The van der Waals surface area contributed by atoms with Crippen LogP contribution in [0.15, 0.2) is 33.9 Å². The van der Waals surface area contributed by atoms with Gasteiger partial charge in [0.25, 0.3) is 5.56 Å². The number of ketones is 2. The zero-order valence-electron chi connectivity index (χ0n) is 15.0. The number of pyridine rings is 2. The van der Waals surface area contributed by atoms with Crippen molar-refractivity contribution in [3.63, 3.8) is 0 Å². The summed E-state index contributed by atoms with van der Waals surface area (Å²) >= 11 is 0. The monoisotopic (exact) mass is 352 g/mol. The predicted molar refractivity (Wildman–Crippen MR) is 98.2 cm³/mol. The third-order valence-electron chi connectivity index (χ3n) is 4.63. The molecule has 26 heavy (non-hydrogen) atoms. The van der Waals surface area contributed by atoms with Gasteiger partial charge in [-0.3, -0.25) is 19.2 Å². The van der Waals surface area contributed by atoms with Gasteiger partial charge >= 0.3 is 0 Å². The van der Waals surface area contributed by atoms with E-state index in [-0.39, 0.29) is 33.9 Å². The molecule has 0 spiro atoms. The van der Waals surface area contributed by atoms with Gasteiger partial charge in [0.05, 0.1) is 11.1 Å². The van der Waals surface area contributed by atoms with E-state index in [1.807, 2.05) is 19.1 Å². The number of fused-ring (bicyclic) bond motifs is 2. The lowest BCUT2D eigenvalue weighted by Crippen LogP contribution is -2.35. The molecule has 1 aliphatic rings. The normalized spacial score (nSPS) is 13.2. The van der Waals surface area contributed by atoms with Gasteiger partial charge in [0.2, 0.25) is 11.3 Å². The van der Waals surface area contributed by atoms with Crippen LogP contribution in [0.1, 0.15) is 63.0 Å². The summed E-state index contributed by atoms with van der Waals surface area (Å²) in [6.45, 7) is 5.53. The van der Waals surface area contributed by atoms with Crippen molar-refractivity contribution in [1.82, 2.24) is 9.55 Å². The van der Waals surface area contributed by atoms with Crippen molar-refractivity contribution in [3.8, 4) is 0 Å². The summed E-state index contributed by atoms with van der Waals surface area (Å²) in [7, 11) is 0. The SMILES string of the molecule is C/C=C/CCCn1c2c(c(C)cc1=O)C(=O)c1c(C)cc(=O)[nH]c1C2=O. The molecule has 0 aromatic carbocycles. The van der Waals surface area contributed by atoms with E-state index in [2.05, 4.69) is 4.98 Å². The van der Waals surface area contributed by atoms with Crippen LogP contribution in [-0.2, 0) is 6.54 Å². The number of hydrogen-bond donors (Lipinski definition) is 1. The molecule has 2 aromatic rings. The van der Waals surface area contributed by atoms with E-state index in [0.717, 1.165) is 6.42 Å². The van der Waals surface area contributed by atoms with Crippen LogP contribution in [-0.4, -0.2) is 21.1 Å². The Morgan fingerprint density at radius 1 is 1.00 bits per heavy atom. The first-order chi connectivity index (χ1) is 12.4. The van der Waals surface area contributed by atoms with Crippen LogP contribution in [0.25, 0.3) is 0 Å². The number of nitrogens with one attached hydrogen (secondary N) is 1. The van der Waals surface area contributed by atoms with Crippen molar-refractivity contribution in [2.24, 2.45) is 0 Å². The third-order valence-corrected chi connectivity index (χ3v) is 4.63. The zero-order chi connectivity index (χ0) is 19.0. The molecule has 0 radical (unpaired) electrons. The minimum atomic E-state index is -0.484. The van der Waals surface area contributed by atoms with Gasteiger partial charge in [0, 0.05) is 18.7 Å². The molecule has 2 heterocycles. The third kappa shape index (κ3) is 2.77. The Morgan fingerprint density at radius 2 is 1.69 bits per heavy atom. The Balaban J connectivity index is 2.23. The van der Waals surface area contributed by atoms with Crippen molar-refractivity contribution >= 4 is 11.6 Å². The van der Waals surface area contributed by atoms with Crippen molar-refractivity contribution in [3.05, 3.63) is 78.6 Å². The number of carbonyl (C=O) groups excluding carboxylic acids is 2. The van der Waals surface area contributed by atoms with E-state index >= 15 is 0 Å². The molecule has 6 nitrogen and oxygen atoms in total. The Labute approximate surface area is 150 Å². The van der Waals surface area contributed by atoms with Crippen LogP contribution < -0.4 is 11.1 Å². The summed E-state index contributed by atoms with van der Waals surface area (Å²) in [5.41, 5.74) is 0.686. The van der Waals surface area contributed by atoms with E-state index in [9.17, 15) is 19.2 Å². The molecule has 0 atom stereocenters. The maximum Gasteiger partial charge on any atom is 0.251 e. The van der Waals surface area contributed by atoms with E-state index in [1.165, 1.54) is 16.7 Å². The zero-order valence-corrected chi connectivity index (χ0v) is 15.0. The fraction of sp³-hybridized carbons (Fsp3) is 0.300. The van der Waals surface area contributed by atoms with Crippen LogP contribution >= 0.6 is 0 Å². The highest BCUT2D eigenvalue weighted by Crippen LogP contribution is 2.28. The fourth-order valence-corrected chi connectivity index (χ4v) is 3.44. The van der Waals surface area contributed by atoms with Gasteiger partial charge in [0.15, 0.2) is 5.78 Å². The van der Waals surface area contributed by atoms with Gasteiger partial charge in [-0.1, -0.05) is 12.2 Å². The highest BCUT2D eigenvalue weighted by Gasteiger charge is 2.35. The Kier molecular flexibility index (Phi) is 4.59. The number of rotatable bonds is 4. The first kappa shape index (κ1) is 17.8. The minimum absolute atomic E-state index is 0.0281. The summed E-state index contributed by atoms with van der Waals surface area (Å²) in [5.74, 6) is -0.815. The number of allylic oxidation sites excluding steroid dienone is 2. The van der Waals surface area contributed by atoms with Gasteiger partial charge in [-0.15, -0.1) is 0 Å². The molecule has 0 fully saturated rings. The fourth-order valence-electron chi connectivity index (χ4n) is 3.44. The number of aromatic amines is 1. The molecule has 0 saturated heterocycles. The Bertz CT molecular complexity index is 1070. The van der Waals surface area contributed by atoms with Gasteiger partial charge in [-0.2, -0.15) is 0 Å². The Morgan fingerprint density at radius 3 is 2.38 bits per heavy atom. The van der Waals surface area contributed by atoms with E-state index in [4.69, 9.17) is 0 Å². The van der Waals surface area contributed by atoms with Crippen LogP contribution in [0.3, 0.4) is 0 Å². The lowest BCUT2D eigenvalue weighted by molar-refractivity contribution is 0.0965. The van der Waals surface area contributed by atoms with Crippen LogP contribution in [0.4, 0.5) is 0 Å². The molecule has 0 unspecified atom stereocenters. The average Bonchev–Trinajstić information content (AvgIpc) is 2.57. The molecule has 1 N–H and O–H groups in total. The first-order valence-electron chi connectivity index (χ1n) is 8.55. The topological polar surface area (TPSA) is 89.0 Å². The number of aryl methyl sites for hydroxylation is 2. The molecular weight excluding hydrogens is 332 g/mol. The number of H-pyrrole nitrogens is 1. The highest BCUT2D eigenvalue weighted by molar-refractivity contribution is 6.27. The van der Waals surface area contributed by atoms with Crippen molar-refractivity contribution in [2.75, 3.05) is 0 Å². The quantitative estimate of drug-likeness (QED) is 0.576. The summed E-state index contributed by atoms with van der Waals surface area (Å²) in [6.07, 6.45) is 5.33. The first-order valence-corrected chi connectivity index (χ1v) is 8.55. The molecule has 134 valence electrons. The van der Waals surface area contributed by atoms with Crippen molar-refractivity contribution in [2.45, 2.75) is 40.2 Å². The molecule has 0 saturated carbocycles. The molecule has 0 amide bonds. The second-order valence-electron chi connectivity index (χ2n) is 6.48. The average molecular weight is 352 g/mol. The molecule has 0 bridgehead atoms. The largest absolute Gasteiger partial charge is 0.318 e. The maximum atomic E-state index is 13.1. The predicted octanol–water partition coefficient (Wildman–Crippen LogP) is 2.29. The standard InChI is InChI=1S/C20H20N2O4/c1-4-5-6-7-8-22-14(24)10-12(3)16-18(22)20(26)17-15(19(16)25)11(2)9-13(23)21-17/h4-5,9-10H,6-8H2,1-3H3,(H,21,23)/b5-4+. The highest BCUT2D eigenvalue weighted by atomic mass is 16.2. The molecular formula is C20H20N2O4. The number of unbranched alkanes of at least 4 members (excludes halogenated alkanes) is 1. The molecule has 0 aliphatic heterocycles. The second kappa shape index (κ2) is 6.71. The number of nitrogens with zero attached hydrogens (tertiary/aromatic N) is 1. The van der Waals surface area contributed by atoms with Gasteiger partial charge < -0.3 is 9.55 Å². The number of hydrogen-bond acceptors (Lipinski definition) is 4. The summed E-state index contributed by atoms with van der Waals surface area (Å²) in [6, 6.07) is 2.70. The molecule has 1 aliphatic carbocycles. The van der Waals surface area contributed by atoms with Crippen LogP contribution in [0, 0.1) is 13.8 Å². The summed E-state index contributed by atoms with van der Waals surface area (Å²) < 4.78 is 1.36. The molecule has 3 rings (SSSR count). The lowest BCUT2D eigenvalue weighted by Gasteiger charge is -2.23. The summed E-state index contributed by atoms with van der Waals surface area (Å²) in [5, 5.41) is 0. The van der Waals surface area contributed by atoms with Gasteiger partial charge in [-0.25, -0.2) is 0 Å². The van der Waals surface area contributed by atoms with Crippen LogP contribution in [0.5, 0.6) is 0 Å². The van der Waals surface area contributed by atoms with Crippen molar-refractivity contribution in [1.29, 1.82) is 0 Å². The Hall–Kier alpha value is -3.02.